The van der Waals surface area contributed by atoms with Crippen molar-refractivity contribution in [1.29, 1.82) is 0 Å². The Hall–Kier alpha value is -5.88. The summed E-state index contributed by atoms with van der Waals surface area (Å²) in [6.45, 7) is 12.6. The molecule has 19 heteroatoms. The van der Waals surface area contributed by atoms with Gasteiger partial charge in [-0.1, -0.05) is 63.6 Å². The van der Waals surface area contributed by atoms with E-state index in [1.165, 1.54) is 19.4 Å². The van der Waals surface area contributed by atoms with E-state index in [1.807, 2.05) is 41.5 Å². The van der Waals surface area contributed by atoms with Gasteiger partial charge in [0.25, 0.3) is 5.91 Å². The standard InChI is InChI=1S/C45H54ClF3N8O7/c1-24-16-35(57(23-24)41(59)38(56-43(61)62-7)29-17-25(2)63-26(3)18-29)39-53-22-34(55-39)28-10-8-27(9-11-28)31-19-33(46)32(20-36(31)64-45(47,48)49)40(58)54-30-12-13-37(52-21-30)50-14-15-51-42(60)44(4,5)6/h8-13,19-22,24-26,29,35,38H,14-18,23H2,1-7H3,(H,50,52)(H,51,60)(H,53,55)(H,54,58)(H,56,61)/t24-,25-,26-,35-,38-/m0/s1. The molecule has 0 aliphatic carbocycles. The molecule has 5 atom stereocenters. The minimum absolute atomic E-state index is 0.0101. The Balaban J connectivity index is 1.16. The lowest BCUT2D eigenvalue weighted by molar-refractivity contribution is -0.274. The van der Waals surface area contributed by atoms with Crippen LogP contribution in [0, 0.1) is 17.3 Å². The van der Waals surface area contributed by atoms with Crippen molar-refractivity contribution in [2.75, 3.05) is 37.4 Å². The number of imidazole rings is 1. The smallest absolute Gasteiger partial charge is 0.453 e. The monoisotopic (exact) mass is 910 g/mol. The number of hydrogen-bond donors (Lipinski definition) is 5. The summed E-state index contributed by atoms with van der Waals surface area (Å²) in [5.74, 6) is -0.763. The van der Waals surface area contributed by atoms with Crippen LogP contribution in [0.3, 0.4) is 0 Å². The number of aromatic nitrogens is 3. The van der Waals surface area contributed by atoms with Gasteiger partial charge in [-0.2, -0.15) is 0 Å². The van der Waals surface area contributed by atoms with E-state index in [9.17, 15) is 32.3 Å². The zero-order valence-electron chi connectivity index (χ0n) is 36.7. The first-order valence-electron chi connectivity index (χ1n) is 21.0. The van der Waals surface area contributed by atoms with Crippen LogP contribution in [0.25, 0.3) is 22.4 Å². The zero-order valence-corrected chi connectivity index (χ0v) is 37.4. The number of alkyl halides is 3. The Kier molecular flexibility index (Phi) is 14.8. The Morgan fingerprint density at radius 3 is 2.25 bits per heavy atom. The first-order chi connectivity index (χ1) is 30.2. The first kappa shape index (κ1) is 47.6. The van der Waals surface area contributed by atoms with E-state index in [0.717, 1.165) is 6.07 Å². The van der Waals surface area contributed by atoms with Gasteiger partial charge in [0.1, 0.15) is 23.4 Å². The summed E-state index contributed by atoms with van der Waals surface area (Å²) in [4.78, 5) is 66.1. The van der Waals surface area contributed by atoms with Crippen LogP contribution in [0.5, 0.6) is 5.75 Å². The second-order valence-electron chi connectivity index (χ2n) is 17.4. The fraction of sp³-hybridized carbons (Fsp3) is 0.467. The van der Waals surface area contributed by atoms with Crippen LogP contribution in [0.4, 0.5) is 29.5 Å². The summed E-state index contributed by atoms with van der Waals surface area (Å²) >= 11 is 6.55. The highest BCUT2D eigenvalue weighted by atomic mass is 35.5. The van der Waals surface area contributed by atoms with Gasteiger partial charge in [0.15, 0.2) is 0 Å². The molecule has 4 amide bonds. The number of H-pyrrole nitrogens is 1. The van der Waals surface area contributed by atoms with Crippen molar-refractivity contribution in [3.8, 4) is 28.1 Å². The number of alkyl carbamates (subject to hydrolysis) is 1. The Morgan fingerprint density at radius 2 is 1.62 bits per heavy atom. The van der Waals surface area contributed by atoms with Crippen molar-refractivity contribution in [3.63, 3.8) is 0 Å². The molecule has 2 aromatic heterocycles. The molecule has 344 valence electrons. The van der Waals surface area contributed by atoms with Crippen LogP contribution in [-0.4, -0.2) is 95.0 Å². The Bertz CT molecular complexity index is 2290. The molecular weight excluding hydrogens is 857 g/mol. The predicted octanol–water partition coefficient (Wildman–Crippen LogP) is 8.35. The number of halogens is 4. The fourth-order valence-electron chi connectivity index (χ4n) is 8.07. The van der Waals surface area contributed by atoms with E-state index in [4.69, 9.17) is 21.1 Å². The number of likely N-dealkylation sites (tertiary alicyclic amines) is 1. The molecule has 2 fully saturated rings. The van der Waals surface area contributed by atoms with Crippen LogP contribution >= 0.6 is 11.6 Å². The van der Waals surface area contributed by atoms with Gasteiger partial charge in [-0.15, -0.1) is 13.2 Å². The van der Waals surface area contributed by atoms with Gasteiger partial charge in [0.05, 0.1) is 59.7 Å². The van der Waals surface area contributed by atoms with Gasteiger partial charge < -0.3 is 45.4 Å². The number of pyridine rings is 1. The molecule has 64 heavy (non-hydrogen) atoms. The number of nitrogens with zero attached hydrogens (tertiary/aromatic N) is 3. The van der Waals surface area contributed by atoms with Gasteiger partial charge in [-0.25, -0.2) is 14.8 Å². The highest BCUT2D eigenvalue weighted by Crippen LogP contribution is 2.40. The second-order valence-corrected chi connectivity index (χ2v) is 17.8. The summed E-state index contributed by atoms with van der Waals surface area (Å²) in [7, 11) is 1.26. The summed E-state index contributed by atoms with van der Waals surface area (Å²) in [6.07, 6.45) is -1.17. The second kappa shape index (κ2) is 19.9. The average Bonchev–Trinajstić information content (AvgIpc) is 3.88. The molecule has 0 unspecified atom stereocenters. The summed E-state index contributed by atoms with van der Waals surface area (Å²) in [5.41, 5.74) is 1.05. The lowest BCUT2D eigenvalue weighted by Gasteiger charge is -2.38. The van der Waals surface area contributed by atoms with Crippen molar-refractivity contribution in [2.45, 2.75) is 91.5 Å². The van der Waals surface area contributed by atoms with Gasteiger partial charge in [0.2, 0.25) is 11.8 Å². The number of nitrogens with one attached hydrogen (secondary N) is 5. The predicted molar refractivity (Wildman–Crippen MR) is 235 cm³/mol. The fourth-order valence-corrected chi connectivity index (χ4v) is 8.32. The van der Waals surface area contributed by atoms with Gasteiger partial charge in [0, 0.05) is 30.6 Å². The first-order valence-corrected chi connectivity index (χ1v) is 21.4. The number of ether oxygens (including phenoxy) is 3. The van der Waals surface area contributed by atoms with Gasteiger partial charge >= 0.3 is 12.5 Å². The number of hydrogen-bond acceptors (Lipinski definition) is 10. The topological polar surface area (TPSA) is 189 Å². The van der Waals surface area contributed by atoms with Crippen molar-refractivity contribution in [3.05, 3.63) is 77.3 Å². The minimum Gasteiger partial charge on any atom is -0.453 e. The number of carbonyl (C=O) groups is 4. The molecule has 4 aromatic rings. The van der Waals surface area contributed by atoms with Crippen LogP contribution < -0.4 is 26.0 Å². The van der Waals surface area contributed by atoms with Crippen molar-refractivity contribution >= 4 is 46.9 Å². The van der Waals surface area contributed by atoms with Crippen LogP contribution in [0.1, 0.15) is 83.0 Å². The third kappa shape index (κ3) is 12.0. The molecule has 0 spiro atoms. The number of methoxy groups -OCH3 is 1. The summed E-state index contributed by atoms with van der Waals surface area (Å²) in [6, 6.07) is 10.7. The zero-order chi connectivity index (χ0) is 46.5. The van der Waals surface area contributed by atoms with E-state index >= 15 is 0 Å². The molecule has 0 saturated carbocycles. The molecule has 2 aliphatic heterocycles. The maximum Gasteiger partial charge on any atom is 0.573 e. The molecule has 2 aliphatic rings. The van der Waals surface area contributed by atoms with E-state index < -0.39 is 41.6 Å². The van der Waals surface area contributed by atoms with E-state index in [2.05, 4.69) is 41.0 Å². The Morgan fingerprint density at radius 1 is 0.938 bits per heavy atom. The van der Waals surface area contributed by atoms with Gasteiger partial charge in [-0.3, -0.25) is 14.4 Å². The average molecular weight is 911 g/mol. The minimum atomic E-state index is -5.09. The molecule has 0 radical (unpaired) electrons. The van der Waals surface area contributed by atoms with E-state index in [0.29, 0.717) is 67.4 Å². The molecule has 5 N–H and O–H groups in total. The van der Waals surface area contributed by atoms with Crippen molar-refractivity contribution in [1.82, 2.24) is 30.5 Å². The number of aromatic amines is 1. The molecule has 4 heterocycles. The van der Waals surface area contributed by atoms with E-state index in [-0.39, 0.29) is 57.7 Å². The summed E-state index contributed by atoms with van der Waals surface area (Å²) in [5, 5.41) is 11.2. The van der Waals surface area contributed by atoms with Crippen LogP contribution in [0.2, 0.25) is 5.02 Å². The maximum atomic E-state index is 14.3. The number of carbonyl (C=O) groups excluding carboxylic acids is 4. The maximum absolute atomic E-state index is 14.3. The van der Waals surface area contributed by atoms with Crippen LogP contribution in [0.15, 0.2) is 60.9 Å². The third-order valence-electron chi connectivity index (χ3n) is 11.1. The molecule has 15 nitrogen and oxygen atoms in total. The lowest BCUT2D eigenvalue weighted by Crippen LogP contribution is -2.54. The summed E-state index contributed by atoms with van der Waals surface area (Å²) < 4.78 is 56.5. The van der Waals surface area contributed by atoms with Crippen molar-refractivity contribution in [2.24, 2.45) is 17.3 Å². The molecule has 2 saturated heterocycles. The highest BCUT2D eigenvalue weighted by molar-refractivity contribution is 6.35. The number of rotatable bonds is 13. The molecule has 6 rings (SSSR count). The SMILES string of the molecule is COC(=O)N[C@H](C(=O)N1C[C@@H](C)C[C@H]1c1ncc(-c2ccc(-c3cc(Cl)c(C(=O)Nc4ccc(NCCNC(=O)C(C)(C)C)nc4)cc3OC(F)(F)F)cc2)[nH]1)C1C[C@H](C)O[C@@H](C)C1. The molecule has 2 aromatic carbocycles. The van der Waals surface area contributed by atoms with E-state index in [1.54, 1.807) is 47.5 Å². The molecular formula is C45H54ClF3N8O7. The van der Waals surface area contributed by atoms with Crippen molar-refractivity contribution < 1.29 is 46.6 Å². The number of amides is 4. The lowest BCUT2D eigenvalue weighted by atomic mass is 9.85. The normalized spacial score (nSPS) is 20.5. The van der Waals surface area contributed by atoms with Crippen LogP contribution in [-0.2, 0) is 19.1 Å². The Labute approximate surface area is 374 Å². The number of anilines is 2. The quantitative estimate of drug-likeness (QED) is 0.0816. The molecule has 0 bridgehead atoms. The number of benzene rings is 2. The highest BCUT2D eigenvalue weighted by Gasteiger charge is 2.43. The van der Waals surface area contributed by atoms with Gasteiger partial charge in [-0.05, 0) is 80.3 Å². The third-order valence-corrected chi connectivity index (χ3v) is 11.4. The largest absolute Gasteiger partial charge is 0.573 e.